The minimum atomic E-state index is -0.407. The standard InChI is InChI=1S/C27H33N5O3/c1-3-30(4-2)25-11-5-21(6-12-25)19-22-7-8-23(27(22)31-15-17-35-18-16-31)20-28-29-24-9-13-26(14-10-24)32(33)34/h5-6,9-14,19-20,29H,3-4,7-8,15-18H2,1-2H3/b22-19+,28-20-. The lowest BCUT2D eigenvalue weighted by Crippen LogP contribution is -2.36. The number of hydrogen-bond donors (Lipinski definition) is 1. The quantitative estimate of drug-likeness (QED) is 0.301. The number of nitrogens with one attached hydrogen (secondary N) is 1. The van der Waals surface area contributed by atoms with Gasteiger partial charge in [-0.15, -0.1) is 0 Å². The first-order valence-electron chi connectivity index (χ1n) is 12.2. The lowest BCUT2D eigenvalue weighted by atomic mass is 10.1. The van der Waals surface area contributed by atoms with Gasteiger partial charge in [-0.3, -0.25) is 15.5 Å². The Hall–Kier alpha value is -3.65. The van der Waals surface area contributed by atoms with Crippen LogP contribution in [0.3, 0.4) is 0 Å². The minimum Gasteiger partial charge on any atom is -0.378 e. The van der Waals surface area contributed by atoms with Crippen LogP contribution < -0.4 is 10.3 Å². The Morgan fingerprint density at radius 3 is 2.37 bits per heavy atom. The maximum absolute atomic E-state index is 10.9. The van der Waals surface area contributed by atoms with Gasteiger partial charge in [-0.1, -0.05) is 12.1 Å². The molecule has 1 saturated heterocycles. The fourth-order valence-corrected chi connectivity index (χ4v) is 4.59. The summed E-state index contributed by atoms with van der Waals surface area (Å²) in [6.07, 6.45) is 6.06. The molecule has 0 spiro atoms. The predicted octanol–water partition coefficient (Wildman–Crippen LogP) is 5.30. The molecule has 0 aromatic heterocycles. The molecule has 0 unspecified atom stereocenters. The Morgan fingerprint density at radius 2 is 1.74 bits per heavy atom. The number of morpholine rings is 1. The summed E-state index contributed by atoms with van der Waals surface area (Å²) < 4.78 is 5.59. The van der Waals surface area contributed by atoms with Crippen LogP contribution in [-0.4, -0.2) is 55.4 Å². The molecule has 0 saturated carbocycles. The molecule has 1 heterocycles. The van der Waals surface area contributed by atoms with E-state index in [4.69, 9.17) is 4.74 Å². The number of nitrogens with zero attached hydrogens (tertiary/aromatic N) is 4. The number of non-ortho nitro benzene ring substituents is 1. The fraction of sp³-hybridized carbons (Fsp3) is 0.370. The lowest BCUT2D eigenvalue weighted by Gasteiger charge is -2.31. The number of allylic oxidation sites excluding steroid dienone is 2. The SMILES string of the molecule is CCN(CC)c1ccc(/C=C2\CCC(/C=N\Nc3ccc([N+](=O)[O-])cc3)=C2N2CCOCC2)cc1. The average Bonchev–Trinajstić information content (AvgIpc) is 3.28. The third-order valence-electron chi connectivity index (χ3n) is 6.45. The fourth-order valence-electron chi connectivity index (χ4n) is 4.59. The molecule has 1 aliphatic carbocycles. The molecule has 184 valence electrons. The van der Waals surface area contributed by atoms with Gasteiger partial charge in [0.05, 0.1) is 30.0 Å². The third kappa shape index (κ3) is 6.08. The topological polar surface area (TPSA) is 83.2 Å². The van der Waals surface area contributed by atoms with Gasteiger partial charge in [-0.2, -0.15) is 5.10 Å². The highest BCUT2D eigenvalue weighted by Crippen LogP contribution is 2.35. The van der Waals surface area contributed by atoms with E-state index in [1.54, 1.807) is 12.1 Å². The molecule has 1 fully saturated rings. The van der Waals surface area contributed by atoms with Crippen LogP contribution in [0.25, 0.3) is 6.08 Å². The van der Waals surface area contributed by atoms with Crippen LogP contribution in [0.15, 0.2) is 70.5 Å². The van der Waals surface area contributed by atoms with E-state index in [-0.39, 0.29) is 5.69 Å². The summed E-state index contributed by atoms with van der Waals surface area (Å²) in [5.74, 6) is 0. The average molecular weight is 476 g/mol. The Labute approximate surface area is 206 Å². The second-order valence-electron chi connectivity index (χ2n) is 8.58. The van der Waals surface area contributed by atoms with Crippen molar-refractivity contribution >= 4 is 29.4 Å². The monoisotopic (exact) mass is 475 g/mol. The molecular formula is C27H33N5O3. The number of ether oxygens (including phenoxy) is 1. The first-order valence-corrected chi connectivity index (χ1v) is 12.2. The predicted molar refractivity (Wildman–Crippen MR) is 142 cm³/mol. The number of anilines is 2. The molecule has 2 aromatic rings. The van der Waals surface area contributed by atoms with Gasteiger partial charge in [0.25, 0.3) is 5.69 Å². The van der Waals surface area contributed by atoms with Crippen LogP contribution in [0.5, 0.6) is 0 Å². The highest BCUT2D eigenvalue weighted by molar-refractivity contribution is 5.84. The van der Waals surface area contributed by atoms with Crippen molar-refractivity contribution < 1.29 is 9.66 Å². The zero-order valence-corrected chi connectivity index (χ0v) is 20.4. The van der Waals surface area contributed by atoms with Crippen LogP contribution >= 0.6 is 0 Å². The van der Waals surface area contributed by atoms with Gasteiger partial charge < -0.3 is 14.5 Å². The van der Waals surface area contributed by atoms with Crippen molar-refractivity contribution in [1.82, 2.24) is 4.90 Å². The Morgan fingerprint density at radius 1 is 1.06 bits per heavy atom. The molecule has 0 radical (unpaired) electrons. The molecule has 35 heavy (non-hydrogen) atoms. The Balaban J connectivity index is 1.55. The van der Waals surface area contributed by atoms with Gasteiger partial charge in [-0.05, 0) is 73.7 Å². The Bertz CT molecular complexity index is 1100. The summed E-state index contributed by atoms with van der Waals surface area (Å²) in [5.41, 5.74) is 9.97. The molecule has 0 bridgehead atoms. The summed E-state index contributed by atoms with van der Waals surface area (Å²) >= 11 is 0. The summed E-state index contributed by atoms with van der Waals surface area (Å²) in [6, 6.07) is 15.0. The van der Waals surface area contributed by atoms with Gasteiger partial charge in [0, 0.05) is 49.7 Å². The summed E-state index contributed by atoms with van der Waals surface area (Å²) in [7, 11) is 0. The molecule has 0 atom stereocenters. The second kappa shape index (κ2) is 11.7. The van der Waals surface area contributed by atoms with E-state index in [1.165, 1.54) is 40.2 Å². The number of benzene rings is 2. The van der Waals surface area contributed by atoms with E-state index in [1.807, 2.05) is 6.21 Å². The van der Waals surface area contributed by atoms with Gasteiger partial charge in [0.15, 0.2) is 0 Å². The first-order chi connectivity index (χ1) is 17.1. The number of rotatable bonds is 9. The molecule has 8 heteroatoms. The molecule has 2 aliphatic rings. The number of hydrogen-bond acceptors (Lipinski definition) is 7. The van der Waals surface area contributed by atoms with Crippen LogP contribution in [0, 0.1) is 10.1 Å². The normalized spacial score (nSPS) is 17.4. The Kier molecular flexibility index (Phi) is 8.15. The highest BCUT2D eigenvalue weighted by atomic mass is 16.6. The molecule has 8 nitrogen and oxygen atoms in total. The third-order valence-corrected chi connectivity index (χ3v) is 6.45. The highest BCUT2D eigenvalue weighted by Gasteiger charge is 2.25. The maximum atomic E-state index is 10.9. The maximum Gasteiger partial charge on any atom is 0.269 e. The molecular weight excluding hydrogens is 442 g/mol. The van der Waals surface area contributed by atoms with Gasteiger partial charge in [-0.25, -0.2) is 0 Å². The number of nitro groups is 1. The zero-order valence-electron chi connectivity index (χ0n) is 20.4. The van der Waals surface area contributed by atoms with Crippen LogP contribution in [-0.2, 0) is 4.74 Å². The molecule has 1 aliphatic heterocycles. The largest absolute Gasteiger partial charge is 0.378 e. The molecule has 1 N–H and O–H groups in total. The van der Waals surface area contributed by atoms with Crippen LogP contribution in [0.4, 0.5) is 17.1 Å². The molecule has 4 rings (SSSR count). The lowest BCUT2D eigenvalue weighted by molar-refractivity contribution is -0.384. The molecule has 2 aromatic carbocycles. The van der Waals surface area contributed by atoms with Crippen molar-refractivity contribution in [2.45, 2.75) is 26.7 Å². The van der Waals surface area contributed by atoms with E-state index >= 15 is 0 Å². The van der Waals surface area contributed by atoms with Gasteiger partial charge >= 0.3 is 0 Å². The van der Waals surface area contributed by atoms with Crippen molar-refractivity contribution in [3.8, 4) is 0 Å². The summed E-state index contributed by atoms with van der Waals surface area (Å²) in [5, 5.41) is 15.3. The van der Waals surface area contributed by atoms with Crippen molar-refractivity contribution in [2.24, 2.45) is 5.10 Å². The summed E-state index contributed by atoms with van der Waals surface area (Å²) in [4.78, 5) is 15.2. The van der Waals surface area contributed by atoms with E-state index < -0.39 is 4.92 Å². The van der Waals surface area contributed by atoms with E-state index in [2.05, 4.69) is 64.5 Å². The van der Waals surface area contributed by atoms with Gasteiger partial charge in [0.1, 0.15) is 0 Å². The first kappa shape index (κ1) is 24.5. The number of nitro benzene ring substituents is 1. The van der Waals surface area contributed by atoms with Crippen LogP contribution in [0.2, 0.25) is 0 Å². The zero-order chi connectivity index (χ0) is 24.6. The van der Waals surface area contributed by atoms with E-state index in [0.29, 0.717) is 5.69 Å². The van der Waals surface area contributed by atoms with Crippen LogP contribution in [0.1, 0.15) is 32.3 Å². The summed E-state index contributed by atoms with van der Waals surface area (Å²) in [6.45, 7) is 9.52. The smallest absolute Gasteiger partial charge is 0.269 e. The van der Waals surface area contributed by atoms with Crippen molar-refractivity contribution in [3.63, 3.8) is 0 Å². The number of hydrazone groups is 1. The van der Waals surface area contributed by atoms with Gasteiger partial charge in [0.2, 0.25) is 0 Å². The second-order valence-corrected chi connectivity index (χ2v) is 8.58. The van der Waals surface area contributed by atoms with Crippen molar-refractivity contribution in [3.05, 3.63) is 81.1 Å². The minimum absolute atomic E-state index is 0.0625. The van der Waals surface area contributed by atoms with E-state index in [9.17, 15) is 10.1 Å². The van der Waals surface area contributed by atoms with Crippen molar-refractivity contribution in [2.75, 3.05) is 49.7 Å². The van der Waals surface area contributed by atoms with Crippen molar-refractivity contribution in [1.29, 1.82) is 0 Å². The molecule has 0 amide bonds. The van der Waals surface area contributed by atoms with E-state index in [0.717, 1.165) is 52.2 Å².